The highest BCUT2D eigenvalue weighted by Gasteiger charge is 2.43. The van der Waals surface area contributed by atoms with E-state index < -0.39 is 12.3 Å². The number of imidazole rings is 1. The van der Waals surface area contributed by atoms with E-state index in [4.69, 9.17) is 14.2 Å². The lowest BCUT2D eigenvalue weighted by atomic mass is 10.1. The van der Waals surface area contributed by atoms with Crippen molar-refractivity contribution in [1.29, 1.82) is 0 Å². The van der Waals surface area contributed by atoms with Crippen LogP contribution in [0.25, 0.3) is 0 Å². The van der Waals surface area contributed by atoms with Gasteiger partial charge in [0, 0.05) is 37.6 Å². The number of benzene rings is 1. The zero-order valence-corrected chi connectivity index (χ0v) is 15.0. The van der Waals surface area contributed by atoms with Gasteiger partial charge in [-0.05, 0) is 6.07 Å². The molecule has 2 aromatic rings. The van der Waals surface area contributed by atoms with Gasteiger partial charge in [0.15, 0.2) is 17.6 Å². The minimum Gasteiger partial charge on any atom is -0.493 e. The molecule has 1 saturated heterocycles. The molecule has 0 amide bonds. The number of morpholine rings is 1. The van der Waals surface area contributed by atoms with Crippen LogP contribution in [0.1, 0.15) is 5.56 Å². The van der Waals surface area contributed by atoms with Gasteiger partial charge in [-0.1, -0.05) is 12.1 Å². The van der Waals surface area contributed by atoms with Crippen LogP contribution < -0.4 is 9.47 Å². The first-order chi connectivity index (χ1) is 13.0. The van der Waals surface area contributed by atoms with Gasteiger partial charge >= 0.3 is 6.18 Å². The van der Waals surface area contributed by atoms with Crippen molar-refractivity contribution in [1.82, 2.24) is 14.5 Å². The molecule has 0 radical (unpaired) electrons. The van der Waals surface area contributed by atoms with E-state index in [0.717, 1.165) is 5.56 Å². The van der Waals surface area contributed by atoms with Crippen LogP contribution in [0.3, 0.4) is 0 Å². The molecular formula is C18H22F3N3O3. The Kier molecular flexibility index (Phi) is 6.22. The number of aromatic nitrogens is 2. The van der Waals surface area contributed by atoms with Crippen molar-refractivity contribution in [3.63, 3.8) is 0 Å². The fourth-order valence-corrected chi connectivity index (χ4v) is 2.97. The standard InChI is InChI=1S/C18H22F3N3O3/c1-25-15-4-2-3-14(17(15)27-10-7-23-6-5-22-13-23)11-24-8-9-26-16(12-24)18(19,20)21/h2-6,13,16H,7-12H2,1H3/t16-/m0/s1. The second kappa shape index (κ2) is 8.62. The van der Waals surface area contributed by atoms with Crippen LogP contribution in [0.4, 0.5) is 13.2 Å². The molecule has 0 N–H and O–H groups in total. The van der Waals surface area contributed by atoms with Crippen molar-refractivity contribution in [2.45, 2.75) is 25.4 Å². The van der Waals surface area contributed by atoms with Gasteiger partial charge in [-0.2, -0.15) is 13.2 Å². The topological polar surface area (TPSA) is 48.8 Å². The number of halogens is 3. The number of hydrogen-bond donors (Lipinski definition) is 0. The number of methoxy groups -OCH3 is 1. The number of ether oxygens (including phenoxy) is 3. The third kappa shape index (κ3) is 5.14. The minimum atomic E-state index is -4.36. The molecule has 0 unspecified atom stereocenters. The average molecular weight is 385 g/mol. The predicted octanol–water partition coefficient (Wildman–Crippen LogP) is 2.73. The molecule has 1 aliphatic rings. The molecule has 27 heavy (non-hydrogen) atoms. The molecule has 0 saturated carbocycles. The molecule has 3 rings (SSSR count). The molecule has 0 spiro atoms. The van der Waals surface area contributed by atoms with Crippen LogP contribution >= 0.6 is 0 Å². The maximum absolute atomic E-state index is 12.9. The summed E-state index contributed by atoms with van der Waals surface area (Å²) in [4.78, 5) is 5.70. The zero-order valence-electron chi connectivity index (χ0n) is 15.0. The van der Waals surface area contributed by atoms with E-state index >= 15 is 0 Å². The van der Waals surface area contributed by atoms with E-state index in [1.165, 1.54) is 7.11 Å². The fraction of sp³-hybridized carbons (Fsp3) is 0.500. The third-order valence-corrected chi connectivity index (χ3v) is 4.35. The summed E-state index contributed by atoms with van der Waals surface area (Å²) in [6.45, 7) is 1.59. The van der Waals surface area contributed by atoms with Crippen LogP contribution in [0.15, 0.2) is 36.9 Å². The fourth-order valence-electron chi connectivity index (χ4n) is 2.97. The molecule has 6 nitrogen and oxygen atoms in total. The number of nitrogens with zero attached hydrogens (tertiary/aromatic N) is 3. The molecule has 1 aliphatic heterocycles. The van der Waals surface area contributed by atoms with E-state index in [-0.39, 0.29) is 13.2 Å². The zero-order chi connectivity index (χ0) is 19.3. The highest BCUT2D eigenvalue weighted by molar-refractivity contribution is 5.46. The summed E-state index contributed by atoms with van der Waals surface area (Å²) in [5.41, 5.74) is 0.780. The van der Waals surface area contributed by atoms with Crippen molar-refractivity contribution < 1.29 is 27.4 Å². The normalized spacial score (nSPS) is 18.4. The summed E-state index contributed by atoms with van der Waals surface area (Å²) < 4.78 is 56.9. The first kappa shape index (κ1) is 19.5. The summed E-state index contributed by atoms with van der Waals surface area (Å²) >= 11 is 0. The quantitative estimate of drug-likeness (QED) is 0.734. The number of alkyl halides is 3. The van der Waals surface area contributed by atoms with Crippen LogP contribution in [0, 0.1) is 0 Å². The van der Waals surface area contributed by atoms with Crippen molar-refractivity contribution >= 4 is 0 Å². The second-order valence-corrected chi connectivity index (χ2v) is 6.23. The van der Waals surface area contributed by atoms with Gasteiger partial charge in [-0.25, -0.2) is 4.98 Å². The Hall–Kier alpha value is -2.26. The molecule has 148 valence electrons. The van der Waals surface area contributed by atoms with Crippen molar-refractivity contribution in [2.24, 2.45) is 0 Å². The van der Waals surface area contributed by atoms with Crippen molar-refractivity contribution in [2.75, 3.05) is 33.4 Å². The van der Waals surface area contributed by atoms with Crippen molar-refractivity contribution in [3.05, 3.63) is 42.5 Å². The van der Waals surface area contributed by atoms with E-state index in [2.05, 4.69) is 4.98 Å². The summed E-state index contributed by atoms with van der Waals surface area (Å²) in [7, 11) is 1.54. The van der Waals surface area contributed by atoms with Crippen LogP contribution in [0.2, 0.25) is 0 Å². The van der Waals surface area contributed by atoms with Gasteiger partial charge < -0.3 is 18.8 Å². The Labute approximate surface area is 155 Å². The lowest BCUT2D eigenvalue weighted by Crippen LogP contribution is -2.48. The number of para-hydroxylation sites is 1. The maximum atomic E-state index is 12.9. The average Bonchev–Trinajstić information content (AvgIpc) is 3.16. The Morgan fingerprint density at radius 3 is 2.89 bits per heavy atom. The lowest BCUT2D eigenvalue weighted by Gasteiger charge is -2.34. The second-order valence-electron chi connectivity index (χ2n) is 6.23. The molecule has 2 heterocycles. The molecule has 1 aromatic carbocycles. The number of rotatable bonds is 7. The molecule has 1 aromatic heterocycles. The van der Waals surface area contributed by atoms with Gasteiger partial charge in [0.05, 0.1) is 26.6 Å². The molecule has 1 fully saturated rings. The van der Waals surface area contributed by atoms with Crippen LogP contribution in [-0.2, 0) is 17.8 Å². The Balaban J connectivity index is 1.68. The Bertz CT molecular complexity index is 722. The molecule has 9 heteroatoms. The number of hydrogen-bond acceptors (Lipinski definition) is 5. The smallest absolute Gasteiger partial charge is 0.415 e. The summed E-state index contributed by atoms with van der Waals surface area (Å²) in [5.74, 6) is 1.11. The van der Waals surface area contributed by atoms with E-state index in [1.807, 2.05) is 16.8 Å². The van der Waals surface area contributed by atoms with Crippen LogP contribution in [-0.4, -0.2) is 60.1 Å². The highest BCUT2D eigenvalue weighted by atomic mass is 19.4. The summed E-state index contributed by atoms with van der Waals surface area (Å²) in [6, 6.07) is 5.42. The van der Waals surface area contributed by atoms with E-state index in [9.17, 15) is 13.2 Å². The van der Waals surface area contributed by atoms with E-state index in [0.29, 0.717) is 37.7 Å². The van der Waals surface area contributed by atoms with Crippen molar-refractivity contribution in [3.8, 4) is 11.5 Å². The molecular weight excluding hydrogens is 363 g/mol. The molecule has 0 aliphatic carbocycles. The van der Waals surface area contributed by atoms with Gasteiger partial charge in [-0.3, -0.25) is 4.90 Å². The van der Waals surface area contributed by atoms with Crippen LogP contribution in [0.5, 0.6) is 11.5 Å². The van der Waals surface area contributed by atoms with Gasteiger partial charge in [-0.15, -0.1) is 0 Å². The highest BCUT2D eigenvalue weighted by Crippen LogP contribution is 2.33. The minimum absolute atomic E-state index is 0.0466. The molecule has 1 atom stereocenters. The van der Waals surface area contributed by atoms with Gasteiger partial charge in [0.25, 0.3) is 0 Å². The maximum Gasteiger partial charge on any atom is 0.415 e. The monoisotopic (exact) mass is 385 g/mol. The van der Waals surface area contributed by atoms with E-state index in [1.54, 1.807) is 29.6 Å². The third-order valence-electron chi connectivity index (χ3n) is 4.35. The summed E-state index contributed by atoms with van der Waals surface area (Å²) in [6.07, 6.45) is -0.918. The Morgan fingerprint density at radius 2 is 2.19 bits per heavy atom. The SMILES string of the molecule is COc1cccc(CN2CCO[C@H](C(F)(F)F)C2)c1OCCn1ccnc1. The lowest BCUT2D eigenvalue weighted by molar-refractivity contribution is -0.237. The van der Waals surface area contributed by atoms with Gasteiger partial charge in [0.2, 0.25) is 0 Å². The predicted molar refractivity (Wildman–Crippen MR) is 91.8 cm³/mol. The molecule has 0 bridgehead atoms. The largest absolute Gasteiger partial charge is 0.493 e. The summed E-state index contributed by atoms with van der Waals surface area (Å²) in [5, 5.41) is 0. The van der Waals surface area contributed by atoms with Gasteiger partial charge in [0.1, 0.15) is 6.61 Å². The Morgan fingerprint density at radius 1 is 1.33 bits per heavy atom. The first-order valence-corrected chi connectivity index (χ1v) is 8.62. The first-order valence-electron chi connectivity index (χ1n) is 8.62.